The van der Waals surface area contributed by atoms with E-state index in [1.807, 2.05) is 25.5 Å². The number of aryl methyl sites for hydroxylation is 1. The van der Waals surface area contributed by atoms with Crippen molar-refractivity contribution in [1.29, 1.82) is 0 Å². The molecule has 2 aliphatic rings. The van der Waals surface area contributed by atoms with Crippen LogP contribution in [0.1, 0.15) is 56.6 Å². The van der Waals surface area contributed by atoms with E-state index < -0.39 is 5.97 Å². The van der Waals surface area contributed by atoms with E-state index in [1.165, 1.54) is 24.8 Å². The van der Waals surface area contributed by atoms with Crippen LogP contribution >= 0.6 is 0 Å². The summed E-state index contributed by atoms with van der Waals surface area (Å²) in [7, 11) is 1.91. The summed E-state index contributed by atoms with van der Waals surface area (Å²) in [5.74, 6) is -0.419. The highest BCUT2D eigenvalue weighted by molar-refractivity contribution is 5.97. The Hall–Kier alpha value is -4.42. The number of hydrogen-bond donors (Lipinski definition) is 4. The van der Waals surface area contributed by atoms with Gasteiger partial charge in [-0.3, -0.25) is 19.1 Å². The Bertz CT molecular complexity index is 1460. The van der Waals surface area contributed by atoms with Crippen LogP contribution in [0.15, 0.2) is 48.8 Å². The van der Waals surface area contributed by atoms with Crippen LogP contribution in [-0.2, 0) is 39.0 Å². The van der Waals surface area contributed by atoms with Gasteiger partial charge in [-0.2, -0.15) is 5.10 Å². The van der Waals surface area contributed by atoms with Crippen LogP contribution in [0.4, 0.5) is 5.69 Å². The second-order valence-electron chi connectivity index (χ2n) is 11.9. The summed E-state index contributed by atoms with van der Waals surface area (Å²) >= 11 is 0. The number of carbonyl (C=O) groups is 3. The molecule has 4 N–H and O–H groups in total. The number of carbonyl (C=O) groups excluding carboxylic acids is 2. The first-order valence-electron chi connectivity index (χ1n) is 16.3. The molecule has 0 radical (unpaired) electrons. The van der Waals surface area contributed by atoms with E-state index in [9.17, 15) is 14.7 Å². The fourth-order valence-electron chi connectivity index (χ4n) is 5.89. The van der Waals surface area contributed by atoms with Crippen LogP contribution in [0.2, 0.25) is 0 Å². The number of phenols is 1. The number of carboxylic acids is 1. The van der Waals surface area contributed by atoms with Crippen molar-refractivity contribution in [2.24, 2.45) is 7.05 Å². The molecule has 0 bridgehead atoms. The van der Waals surface area contributed by atoms with Gasteiger partial charge in [0.05, 0.1) is 25.8 Å². The van der Waals surface area contributed by atoms with E-state index in [4.69, 9.17) is 19.4 Å². The summed E-state index contributed by atoms with van der Waals surface area (Å²) in [5.41, 5.74) is 4.70. The van der Waals surface area contributed by atoms with Gasteiger partial charge in [0.25, 0.3) is 11.9 Å². The van der Waals surface area contributed by atoms with Gasteiger partial charge in [0.1, 0.15) is 11.4 Å². The number of amides is 2. The normalized spacial score (nSPS) is 14.3. The second-order valence-corrected chi connectivity index (χ2v) is 11.9. The zero-order chi connectivity index (χ0) is 33.6. The van der Waals surface area contributed by atoms with Crippen LogP contribution in [0.5, 0.6) is 11.5 Å². The molecule has 1 aliphatic heterocycles. The Morgan fingerprint density at radius 2 is 1.81 bits per heavy atom. The predicted octanol–water partition coefficient (Wildman–Crippen LogP) is 4.16. The molecule has 0 saturated heterocycles. The Labute approximate surface area is 276 Å². The smallest absolute Gasteiger partial charge is 0.300 e. The molecule has 0 unspecified atom stereocenters. The second kappa shape index (κ2) is 18.1. The molecule has 2 aromatic carbocycles. The maximum absolute atomic E-state index is 13.3. The number of carboxylic acid groups (broad SMARTS) is 1. The quantitative estimate of drug-likeness (QED) is 0.149. The molecule has 1 aliphatic carbocycles. The summed E-state index contributed by atoms with van der Waals surface area (Å²) < 4.78 is 13.3. The molecule has 12 heteroatoms. The maximum Gasteiger partial charge on any atom is 0.300 e. The SMILES string of the molecule is CC(=O)O.Cn1cc(-c2ccc(CCOCCC(=O)N(CCNCCc3ccc(O)c4c3OCC(=O)N4)C3CCCCC3)cc2)cn1. The van der Waals surface area contributed by atoms with Gasteiger partial charge in [0.2, 0.25) is 5.91 Å². The molecule has 254 valence electrons. The lowest BCUT2D eigenvalue weighted by Gasteiger charge is -2.34. The molecule has 2 heterocycles. The third-order valence-corrected chi connectivity index (χ3v) is 8.25. The summed E-state index contributed by atoms with van der Waals surface area (Å²) in [6.07, 6.45) is 11.4. The summed E-state index contributed by atoms with van der Waals surface area (Å²) in [4.78, 5) is 36.0. The highest BCUT2D eigenvalue weighted by Crippen LogP contribution is 2.39. The minimum absolute atomic E-state index is 0.000764. The van der Waals surface area contributed by atoms with Crippen molar-refractivity contribution < 1.29 is 34.1 Å². The molecule has 1 aromatic heterocycles. The Balaban J connectivity index is 0.00000118. The largest absolute Gasteiger partial charge is 0.506 e. The van der Waals surface area contributed by atoms with Crippen molar-refractivity contribution in [1.82, 2.24) is 20.0 Å². The zero-order valence-electron chi connectivity index (χ0n) is 27.4. The lowest BCUT2D eigenvalue weighted by atomic mass is 9.94. The standard InChI is InChI=1S/C33H43N5O5.C2H4O2/c1-37-22-27(21-35-37)25-9-7-24(8-10-25)14-19-42-20-15-31(41)38(28-5-3-2-4-6-28)18-17-34-16-13-26-11-12-29(39)32-33(26)43-23-30(40)36-32;1-2(3)4/h7-12,21-22,28,34,39H,2-6,13-20,23H2,1H3,(H,36,40);1H3,(H,3,4). The van der Waals surface area contributed by atoms with E-state index in [0.717, 1.165) is 42.9 Å². The number of anilines is 1. The molecule has 47 heavy (non-hydrogen) atoms. The maximum atomic E-state index is 13.3. The monoisotopic (exact) mass is 649 g/mol. The van der Waals surface area contributed by atoms with Crippen molar-refractivity contribution in [2.45, 2.75) is 64.3 Å². The Morgan fingerprint density at radius 1 is 1.06 bits per heavy atom. The first kappa shape index (κ1) is 35.4. The van der Waals surface area contributed by atoms with Crippen molar-refractivity contribution in [2.75, 3.05) is 44.8 Å². The fourth-order valence-corrected chi connectivity index (χ4v) is 5.89. The van der Waals surface area contributed by atoms with Crippen LogP contribution in [0.25, 0.3) is 11.1 Å². The fraction of sp³-hybridized carbons (Fsp3) is 0.486. The lowest BCUT2D eigenvalue weighted by Crippen LogP contribution is -2.45. The van der Waals surface area contributed by atoms with Crippen LogP contribution in [0, 0.1) is 0 Å². The number of ether oxygens (including phenoxy) is 2. The lowest BCUT2D eigenvalue weighted by molar-refractivity contribution is -0.135. The molecule has 3 aromatic rings. The summed E-state index contributed by atoms with van der Waals surface area (Å²) in [5, 5.41) is 27.9. The van der Waals surface area contributed by atoms with E-state index in [1.54, 1.807) is 10.7 Å². The van der Waals surface area contributed by atoms with Gasteiger partial charge in [-0.1, -0.05) is 49.6 Å². The third-order valence-electron chi connectivity index (χ3n) is 8.25. The van der Waals surface area contributed by atoms with Crippen molar-refractivity contribution >= 4 is 23.5 Å². The average molecular weight is 650 g/mol. The van der Waals surface area contributed by atoms with Crippen LogP contribution in [-0.4, -0.2) is 88.2 Å². The van der Waals surface area contributed by atoms with Gasteiger partial charge in [0.15, 0.2) is 12.4 Å². The van der Waals surface area contributed by atoms with Gasteiger partial charge < -0.3 is 35.2 Å². The number of nitrogens with zero attached hydrogens (tertiary/aromatic N) is 3. The minimum atomic E-state index is -0.833. The first-order chi connectivity index (χ1) is 22.7. The molecule has 0 atom stereocenters. The van der Waals surface area contributed by atoms with Crippen LogP contribution < -0.4 is 15.4 Å². The van der Waals surface area contributed by atoms with Gasteiger partial charge in [-0.25, -0.2) is 0 Å². The van der Waals surface area contributed by atoms with E-state index >= 15 is 0 Å². The number of hydrogen-bond acceptors (Lipinski definition) is 8. The minimum Gasteiger partial charge on any atom is -0.506 e. The third kappa shape index (κ3) is 11.1. The molecule has 12 nitrogen and oxygen atoms in total. The first-order valence-corrected chi connectivity index (χ1v) is 16.3. The molecule has 1 saturated carbocycles. The molecular formula is C35H47N5O7. The number of benzene rings is 2. The van der Waals surface area contributed by atoms with Gasteiger partial charge in [-0.05, 0) is 55.0 Å². The number of nitrogens with one attached hydrogen (secondary N) is 2. The number of aromatic nitrogens is 2. The number of rotatable bonds is 14. The van der Waals surface area contributed by atoms with Crippen molar-refractivity contribution in [3.63, 3.8) is 0 Å². The molecular weight excluding hydrogens is 602 g/mol. The molecule has 5 rings (SSSR count). The van der Waals surface area contributed by atoms with Gasteiger partial charge in [-0.15, -0.1) is 0 Å². The summed E-state index contributed by atoms with van der Waals surface area (Å²) in [6, 6.07) is 12.2. The predicted molar refractivity (Wildman–Crippen MR) is 178 cm³/mol. The van der Waals surface area contributed by atoms with E-state index in [2.05, 4.69) is 44.9 Å². The van der Waals surface area contributed by atoms with E-state index in [-0.39, 0.29) is 24.2 Å². The van der Waals surface area contributed by atoms with E-state index in [0.29, 0.717) is 63.2 Å². The van der Waals surface area contributed by atoms with Crippen LogP contribution in [0.3, 0.4) is 0 Å². The molecule has 2 amide bonds. The topological polar surface area (TPSA) is 155 Å². The number of aliphatic carboxylic acids is 1. The number of aromatic hydroxyl groups is 1. The van der Waals surface area contributed by atoms with Crippen molar-refractivity contribution in [3.05, 3.63) is 59.9 Å². The van der Waals surface area contributed by atoms with Crippen molar-refractivity contribution in [3.8, 4) is 22.6 Å². The zero-order valence-corrected chi connectivity index (χ0v) is 27.4. The Morgan fingerprint density at radius 3 is 2.51 bits per heavy atom. The number of fused-ring (bicyclic) bond motifs is 1. The number of phenolic OH excluding ortho intramolecular Hbond substituents is 1. The highest BCUT2D eigenvalue weighted by Gasteiger charge is 2.25. The highest BCUT2D eigenvalue weighted by atomic mass is 16.5. The average Bonchev–Trinajstić information content (AvgIpc) is 3.50. The van der Waals surface area contributed by atoms with Gasteiger partial charge >= 0.3 is 0 Å². The summed E-state index contributed by atoms with van der Waals surface area (Å²) in [6.45, 7) is 4.07. The molecule has 1 fully saturated rings. The Kier molecular flexibility index (Phi) is 13.6. The van der Waals surface area contributed by atoms with Gasteiger partial charge in [0, 0.05) is 44.9 Å². The molecule has 0 spiro atoms.